The molecular formula is C17H14FN5O2. The van der Waals surface area contributed by atoms with E-state index in [1.165, 1.54) is 6.20 Å². The van der Waals surface area contributed by atoms with Crippen LogP contribution in [-0.2, 0) is 0 Å². The second kappa shape index (κ2) is 6.04. The number of aryl methyl sites for hydroxylation is 1. The maximum absolute atomic E-state index is 13.1. The summed E-state index contributed by atoms with van der Waals surface area (Å²) in [6, 6.07) is 8.63. The smallest absolute Gasteiger partial charge is 0.276 e. The van der Waals surface area contributed by atoms with Crippen LogP contribution in [-0.4, -0.2) is 32.4 Å². The van der Waals surface area contributed by atoms with E-state index >= 15 is 0 Å². The van der Waals surface area contributed by atoms with Gasteiger partial charge in [-0.1, -0.05) is 17.3 Å². The van der Waals surface area contributed by atoms with Gasteiger partial charge in [-0.05, 0) is 37.1 Å². The zero-order valence-electron chi connectivity index (χ0n) is 13.3. The number of carbonyl (C=O) groups excluding carboxylic acids is 1. The molecule has 1 aliphatic carbocycles. The Balaban J connectivity index is 1.58. The van der Waals surface area contributed by atoms with Crippen molar-refractivity contribution in [1.29, 1.82) is 0 Å². The topological polar surface area (TPSA) is 93.8 Å². The van der Waals surface area contributed by atoms with Crippen molar-refractivity contribution >= 4 is 11.6 Å². The highest BCUT2D eigenvalue weighted by Gasteiger charge is 2.43. The fraction of sp³-hybridized carbons (Fsp3) is 0.235. The Morgan fingerprint density at radius 2 is 2.20 bits per heavy atom. The number of nitrogens with zero attached hydrogens (tertiary/aromatic N) is 4. The summed E-state index contributed by atoms with van der Waals surface area (Å²) in [6.45, 7) is 1.87. The molecular weight excluding hydrogens is 325 g/mol. The maximum Gasteiger partial charge on any atom is 0.276 e. The third-order valence-corrected chi connectivity index (χ3v) is 4.02. The van der Waals surface area contributed by atoms with Gasteiger partial charge in [0, 0.05) is 17.4 Å². The van der Waals surface area contributed by atoms with E-state index in [9.17, 15) is 9.18 Å². The van der Waals surface area contributed by atoms with E-state index in [1.54, 1.807) is 18.2 Å². The van der Waals surface area contributed by atoms with Crippen molar-refractivity contribution < 1.29 is 13.7 Å². The Morgan fingerprint density at radius 3 is 2.92 bits per heavy atom. The summed E-state index contributed by atoms with van der Waals surface area (Å²) in [4.78, 5) is 16.5. The molecule has 25 heavy (non-hydrogen) atoms. The van der Waals surface area contributed by atoms with E-state index in [0.717, 1.165) is 5.56 Å². The molecule has 0 radical (unpaired) electrons. The molecule has 2 heterocycles. The molecule has 1 saturated carbocycles. The predicted molar refractivity (Wildman–Crippen MR) is 86.7 cm³/mol. The summed E-state index contributed by atoms with van der Waals surface area (Å²) in [6.07, 6.45) is 1.03. The van der Waals surface area contributed by atoms with E-state index < -0.39 is 6.17 Å². The summed E-state index contributed by atoms with van der Waals surface area (Å²) < 4.78 is 18.2. The van der Waals surface area contributed by atoms with Gasteiger partial charge in [-0.2, -0.15) is 10.1 Å². The fourth-order valence-corrected chi connectivity index (χ4v) is 2.43. The number of hydrogen-bond donors (Lipinski definition) is 1. The Labute approximate surface area is 142 Å². The first kappa shape index (κ1) is 15.4. The van der Waals surface area contributed by atoms with Crippen molar-refractivity contribution in [2.45, 2.75) is 25.4 Å². The average molecular weight is 339 g/mol. The molecule has 1 fully saturated rings. The van der Waals surface area contributed by atoms with Crippen LogP contribution in [0.1, 0.15) is 34.3 Å². The van der Waals surface area contributed by atoms with Gasteiger partial charge in [-0.15, -0.1) is 5.10 Å². The molecule has 1 N–H and O–H groups in total. The molecule has 0 spiro atoms. The van der Waals surface area contributed by atoms with Crippen LogP contribution in [0.25, 0.3) is 11.4 Å². The fourth-order valence-electron chi connectivity index (χ4n) is 2.43. The summed E-state index contributed by atoms with van der Waals surface area (Å²) in [7, 11) is 0. The van der Waals surface area contributed by atoms with Gasteiger partial charge in [0.05, 0.1) is 5.92 Å². The minimum atomic E-state index is -0.895. The van der Waals surface area contributed by atoms with Crippen LogP contribution in [0.5, 0.6) is 0 Å². The minimum absolute atomic E-state index is 0.219. The van der Waals surface area contributed by atoms with Crippen LogP contribution < -0.4 is 5.32 Å². The molecule has 0 saturated heterocycles. The first-order valence-corrected chi connectivity index (χ1v) is 7.79. The molecule has 3 aromatic rings. The lowest BCUT2D eigenvalue weighted by Crippen LogP contribution is -2.14. The molecule has 1 aliphatic rings. The number of alkyl halides is 1. The lowest BCUT2D eigenvalue weighted by molar-refractivity contribution is 0.102. The summed E-state index contributed by atoms with van der Waals surface area (Å²) in [5.41, 5.74) is 2.37. The highest BCUT2D eigenvalue weighted by atomic mass is 19.1. The number of anilines is 1. The minimum Gasteiger partial charge on any atom is -0.339 e. The number of rotatable bonds is 4. The number of halogens is 1. The van der Waals surface area contributed by atoms with E-state index in [-0.39, 0.29) is 17.5 Å². The molecule has 0 bridgehead atoms. The van der Waals surface area contributed by atoms with Gasteiger partial charge in [0.1, 0.15) is 6.17 Å². The normalized spacial score (nSPS) is 18.8. The highest BCUT2D eigenvalue weighted by Crippen LogP contribution is 2.43. The van der Waals surface area contributed by atoms with Crippen molar-refractivity contribution in [2.75, 3.05) is 5.32 Å². The molecule has 8 heteroatoms. The number of benzene rings is 1. The van der Waals surface area contributed by atoms with Crippen molar-refractivity contribution in [3.8, 4) is 11.4 Å². The first-order valence-electron chi connectivity index (χ1n) is 7.79. The molecule has 2 aromatic heterocycles. The third-order valence-electron chi connectivity index (χ3n) is 4.02. The van der Waals surface area contributed by atoms with Gasteiger partial charge in [0.2, 0.25) is 11.7 Å². The SMILES string of the molecule is Cc1ccc(-c2noc([C@H]3C[C@@H]3F)n2)cc1NC(=O)c1cccnn1. The molecule has 2 atom stereocenters. The van der Waals surface area contributed by atoms with Crippen molar-refractivity contribution in [2.24, 2.45) is 0 Å². The molecule has 7 nitrogen and oxygen atoms in total. The van der Waals surface area contributed by atoms with Gasteiger partial charge in [0.15, 0.2) is 5.69 Å². The summed E-state index contributed by atoms with van der Waals surface area (Å²) >= 11 is 0. The number of hydrogen-bond acceptors (Lipinski definition) is 6. The van der Waals surface area contributed by atoms with E-state index in [2.05, 4.69) is 25.7 Å². The van der Waals surface area contributed by atoms with Crippen molar-refractivity contribution in [3.05, 3.63) is 53.7 Å². The Hall–Kier alpha value is -3.16. The molecule has 4 rings (SSSR count). The number of carbonyl (C=O) groups is 1. The van der Waals surface area contributed by atoms with Crippen LogP contribution in [0.2, 0.25) is 0 Å². The lowest BCUT2D eigenvalue weighted by Gasteiger charge is -2.08. The molecule has 1 aromatic carbocycles. The van der Waals surface area contributed by atoms with Crippen LogP contribution in [0.4, 0.5) is 10.1 Å². The number of nitrogens with one attached hydrogen (secondary N) is 1. The van der Waals surface area contributed by atoms with Crippen molar-refractivity contribution in [3.63, 3.8) is 0 Å². The second-order valence-electron chi connectivity index (χ2n) is 5.91. The third kappa shape index (κ3) is 3.10. The van der Waals surface area contributed by atoms with Gasteiger partial charge in [-0.3, -0.25) is 4.79 Å². The molecule has 1 amide bonds. The quantitative estimate of drug-likeness (QED) is 0.785. The number of amides is 1. The Kier molecular flexibility index (Phi) is 3.72. The monoisotopic (exact) mass is 339 g/mol. The van der Waals surface area contributed by atoms with Crippen LogP contribution in [0, 0.1) is 6.92 Å². The molecule has 0 unspecified atom stereocenters. The van der Waals surface area contributed by atoms with Crippen molar-refractivity contribution in [1.82, 2.24) is 20.3 Å². The summed E-state index contributed by atoms with van der Waals surface area (Å²) in [5, 5.41) is 14.2. The van der Waals surface area contributed by atoms with Crippen LogP contribution >= 0.6 is 0 Å². The van der Waals surface area contributed by atoms with Crippen LogP contribution in [0.15, 0.2) is 41.1 Å². The Morgan fingerprint density at radius 1 is 1.36 bits per heavy atom. The largest absolute Gasteiger partial charge is 0.339 e. The summed E-state index contributed by atoms with van der Waals surface area (Å²) in [5.74, 6) is 0.0280. The second-order valence-corrected chi connectivity index (χ2v) is 5.91. The highest BCUT2D eigenvalue weighted by molar-refractivity contribution is 6.03. The van der Waals surface area contributed by atoms with Crippen LogP contribution in [0.3, 0.4) is 0 Å². The van der Waals surface area contributed by atoms with Gasteiger partial charge >= 0.3 is 0 Å². The first-order chi connectivity index (χ1) is 12.1. The van der Waals surface area contributed by atoms with E-state index in [4.69, 9.17) is 4.52 Å². The zero-order chi connectivity index (χ0) is 17.4. The zero-order valence-corrected chi connectivity index (χ0v) is 13.3. The lowest BCUT2D eigenvalue weighted by atomic mass is 10.1. The van der Waals surface area contributed by atoms with Gasteiger partial charge < -0.3 is 9.84 Å². The molecule has 0 aliphatic heterocycles. The van der Waals surface area contributed by atoms with Gasteiger partial charge in [0.25, 0.3) is 5.91 Å². The maximum atomic E-state index is 13.1. The van der Waals surface area contributed by atoms with Gasteiger partial charge in [-0.25, -0.2) is 4.39 Å². The average Bonchev–Trinajstić information content (AvgIpc) is 3.16. The van der Waals surface area contributed by atoms with E-state index in [1.807, 2.05) is 19.1 Å². The van der Waals surface area contributed by atoms with E-state index in [0.29, 0.717) is 29.4 Å². The molecule has 126 valence electrons. The number of aromatic nitrogens is 4. The standard InChI is InChI=1S/C17H14FN5O2/c1-9-4-5-10(15-21-17(25-23-15)11-8-12(11)18)7-14(9)20-16(24)13-3-2-6-19-22-13/h2-7,11-12H,8H2,1H3,(H,20,24)/t11-,12-/m0/s1. The predicted octanol–water partition coefficient (Wildman–Crippen LogP) is 2.91. The Bertz CT molecular complexity index is 928.